The quantitative estimate of drug-likeness (QED) is 0.351. The van der Waals surface area contributed by atoms with Gasteiger partial charge in [-0.3, -0.25) is 0 Å². The van der Waals surface area contributed by atoms with E-state index in [0.717, 1.165) is 19.1 Å². The van der Waals surface area contributed by atoms with Crippen LogP contribution in [0.15, 0.2) is 60.7 Å². The number of halogens is 3. The van der Waals surface area contributed by atoms with Crippen molar-refractivity contribution in [2.45, 2.75) is 12.8 Å². The molecule has 0 aliphatic rings. The van der Waals surface area contributed by atoms with Crippen molar-refractivity contribution in [2.75, 3.05) is 0 Å². The zero-order valence-electron chi connectivity index (χ0n) is 15.7. The number of alkyl halides is 2. The second-order valence-electron chi connectivity index (χ2n) is 6.71. The summed E-state index contributed by atoms with van der Waals surface area (Å²) < 4.78 is 49.0. The van der Waals surface area contributed by atoms with Crippen LogP contribution in [0.1, 0.15) is 12.5 Å². The molecule has 0 unspecified atom stereocenters. The standard InChI is InChI=1S/C22H16F3NO3S/c1-22(24,25)18-10-12(23)2-8-16(18)21-20(17-9-3-13(27)11-19(17)30-21)28-14-4-6-15(29-26)7-5-14/h2-11,27H,26H2,1H3. The molecule has 4 aromatic rings. The molecule has 0 radical (unpaired) electrons. The molecular formula is C22H16F3NO3S. The van der Waals surface area contributed by atoms with E-state index in [2.05, 4.69) is 4.84 Å². The van der Waals surface area contributed by atoms with Crippen LogP contribution >= 0.6 is 11.3 Å². The molecule has 0 aliphatic heterocycles. The van der Waals surface area contributed by atoms with E-state index in [1.54, 1.807) is 30.3 Å². The average Bonchev–Trinajstić information content (AvgIpc) is 3.05. The number of nitrogens with two attached hydrogens (primary N) is 1. The SMILES string of the molecule is CC(F)(F)c1cc(F)ccc1-c1sc2cc(O)ccc2c1Oc1ccc(ON)cc1. The first-order valence-electron chi connectivity index (χ1n) is 8.84. The van der Waals surface area contributed by atoms with Crippen LogP contribution in [-0.2, 0) is 5.92 Å². The Morgan fingerprint density at radius 1 is 0.967 bits per heavy atom. The van der Waals surface area contributed by atoms with E-state index in [1.165, 1.54) is 29.5 Å². The molecule has 30 heavy (non-hydrogen) atoms. The number of hydrogen-bond acceptors (Lipinski definition) is 5. The Kier molecular flexibility index (Phi) is 5.05. The van der Waals surface area contributed by atoms with Crippen LogP contribution < -0.4 is 15.5 Å². The topological polar surface area (TPSA) is 64.7 Å². The second-order valence-corrected chi connectivity index (χ2v) is 7.76. The number of phenols is 1. The van der Waals surface area contributed by atoms with Crippen molar-refractivity contribution in [1.29, 1.82) is 0 Å². The Morgan fingerprint density at radius 2 is 1.67 bits per heavy atom. The Labute approximate surface area is 173 Å². The highest BCUT2D eigenvalue weighted by Crippen LogP contribution is 2.50. The van der Waals surface area contributed by atoms with Gasteiger partial charge in [-0.25, -0.2) is 13.2 Å². The van der Waals surface area contributed by atoms with E-state index in [4.69, 9.17) is 10.6 Å². The van der Waals surface area contributed by atoms with Gasteiger partial charge in [0.05, 0.1) is 4.88 Å². The van der Waals surface area contributed by atoms with E-state index < -0.39 is 17.3 Å². The minimum Gasteiger partial charge on any atom is -0.508 e. The summed E-state index contributed by atoms with van der Waals surface area (Å²) in [5.41, 5.74) is -0.295. The third kappa shape index (κ3) is 3.79. The van der Waals surface area contributed by atoms with Gasteiger partial charge < -0.3 is 14.7 Å². The van der Waals surface area contributed by atoms with Gasteiger partial charge in [-0.15, -0.1) is 11.3 Å². The summed E-state index contributed by atoms with van der Waals surface area (Å²) in [7, 11) is 0. The van der Waals surface area contributed by atoms with Gasteiger partial charge in [0.2, 0.25) is 0 Å². The molecule has 0 atom stereocenters. The predicted molar refractivity (Wildman–Crippen MR) is 110 cm³/mol. The fraction of sp³-hybridized carbons (Fsp3) is 0.0909. The van der Waals surface area contributed by atoms with Crippen molar-refractivity contribution < 1.29 is 27.9 Å². The molecule has 0 amide bonds. The number of rotatable bonds is 5. The number of thiophene rings is 1. The molecule has 1 heterocycles. The third-order valence-electron chi connectivity index (χ3n) is 4.51. The Bertz CT molecular complexity index is 1220. The van der Waals surface area contributed by atoms with Crippen molar-refractivity contribution in [3.63, 3.8) is 0 Å². The molecular weight excluding hydrogens is 415 g/mol. The summed E-state index contributed by atoms with van der Waals surface area (Å²) in [6.45, 7) is 0.719. The largest absolute Gasteiger partial charge is 0.508 e. The lowest BCUT2D eigenvalue weighted by Crippen LogP contribution is -2.09. The maximum atomic E-state index is 14.3. The molecule has 0 bridgehead atoms. The van der Waals surface area contributed by atoms with Crippen LogP contribution in [0.5, 0.6) is 23.0 Å². The molecule has 1 aromatic heterocycles. The summed E-state index contributed by atoms with van der Waals surface area (Å²) in [5, 5.41) is 10.5. The minimum atomic E-state index is -3.27. The summed E-state index contributed by atoms with van der Waals surface area (Å²) in [4.78, 5) is 5.04. The molecule has 0 saturated carbocycles. The fourth-order valence-corrected chi connectivity index (χ4v) is 4.32. The predicted octanol–water partition coefficient (Wildman–Crippen LogP) is 6.57. The van der Waals surface area contributed by atoms with Crippen LogP contribution in [-0.4, -0.2) is 5.11 Å². The van der Waals surface area contributed by atoms with Crippen LogP contribution in [0, 0.1) is 5.82 Å². The van der Waals surface area contributed by atoms with Gasteiger partial charge >= 0.3 is 0 Å². The maximum absolute atomic E-state index is 14.3. The minimum absolute atomic E-state index is 0.0337. The first-order chi connectivity index (χ1) is 14.3. The van der Waals surface area contributed by atoms with E-state index in [0.29, 0.717) is 32.2 Å². The van der Waals surface area contributed by atoms with Crippen molar-refractivity contribution in [2.24, 2.45) is 5.90 Å². The number of ether oxygens (including phenoxy) is 1. The Balaban J connectivity index is 1.93. The van der Waals surface area contributed by atoms with Gasteiger partial charge in [0.1, 0.15) is 23.1 Å². The lowest BCUT2D eigenvalue weighted by atomic mass is 10.00. The van der Waals surface area contributed by atoms with E-state index >= 15 is 0 Å². The first kappa shape index (κ1) is 20.1. The van der Waals surface area contributed by atoms with E-state index in [-0.39, 0.29) is 11.3 Å². The third-order valence-corrected chi connectivity index (χ3v) is 5.67. The number of benzene rings is 3. The van der Waals surface area contributed by atoms with Crippen LogP contribution in [0.3, 0.4) is 0 Å². The molecule has 3 aromatic carbocycles. The smallest absolute Gasteiger partial charge is 0.271 e. The number of fused-ring (bicyclic) bond motifs is 1. The average molecular weight is 431 g/mol. The molecule has 0 spiro atoms. The molecule has 4 rings (SSSR count). The normalized spacial score (nSPS) is 11.6. The summed E-state index contributed by atoms with van der Waals surface area (Å²) in [5.74, 6) is 2.32. The summed E-state index contributed by atoms with van der Waals surface area (Å²) >= 11 is 1.17. The fourth-order valence-electron chi connectivity index (χ4n) is 3.12. The Hall–Kier alpha value is -3.23. The second kappa shape index (κ2) is 7.55. The van der Waals surface area contributed by atoms with Crippen LogP contribution in [0.4, 0.5) is 13.2 Å². The zero-order valence-corrected chi connectivity index (χ0v) is 16.5. The molecule has 4 nitrogen and oxygen atoms in total. The van der Waals surface area contributed by atoms with Crippen molar-refractivity contribution >= 4 is 21.4 Å². The number of hydrogen-bond donors (Lipinski definition) is 2. The molecule has 3 N–H and O–H groups in total. The molecule has 0 fully saturated rings. The van der Waals surface area contributed by atoms with Crippen molar-refractivity contribution in [3.8, 4) is 33.4 Å². The first-order valence-corrected chi connectivity index (χ1v) is 9.66. The lowest BCUT2D eigenvalue weighted by Gasteiger charge is -2.16. The molecule has 0 saturated heterocycles. The molecule has 154 valence electrons. The van der Waals surface area contributed by atoms with Crippen molar-refractivity contribution in [1.82, 2.24) is 0 Å². The highest BCUT2D eigenvalue weighted by molar-refractivity contribution is 7.22. The Morgan fingerprint density at radius 3 is 2.33 bits per heavy atom. The number of phenolic OH excluding ortho intramolecular Hbond substituents is 1. The van der Waals surface area contributed by atoms with Gasteiger partial charge in [0.25, 0.3) is 5.92 Å². The van der Waals surface area contributed by atoms with Gasteiger partial charge in [-0.1, -0.05) is 6.07 Å². The highest BCUT2D eigenvalue weighted by Gasteiger charge is 2.31. The van der Waals surface area contributed by atoms with Crippen LogP contribution in [0.25, 0.3) is 20.5 Å². The van der Waals surface area contributed by atoms with E-state index in [9.17, 15) is 18.3 Å². The van der Waals surface area contributed by atoms with Gasteiger partial charge in [0.15, 0.2) is 5.75 Å². The summed E-state index contributed by atoms with van der Waals surface area (Å²) in [6.07, 6.45) is 0. The molecule has 8 heteroatoms. The lowest BCUT2D eigenvalue weighted by molar-refractivity contribution is 0.0178. The maximum Gasteiger partial charge on any atom is 0.271 e. The summed E-state index contributed by atoms with van der Waals surface area (Å²) in [6, 6.07) is 14.4. The number of aromatic hydroxyl groups is 1. The molecule has 0 aliphatic carbocycles. The monoisotopic (exact) mass is 431 g/mol. The van der Waals surface area contributed by atoms with Gasteiger partial charge in [-0.05, 0) is 54.6 Å². The van der Waals surface area contributed by atoms with E-state index in [1.807, 2.05) is 0 Å². The van der Waals surface area contributed by atoms with Gasteiger partial charge in [-0.2, -0.15) is 5.90 Å². The zero-order chi connectivity index (χ0) is 21.5. The van der Waals surface area contributed by atoms with Crippen molar-refractivity contribution in [3.05, 3.63) is 72.0 Å². The van der Waals surface area contributed by atoms with Gasteiger partial charge in [0, 0.05) is 28.1 Å². The highest BCUT2D eigenvalue weighted by atomic mass is 32.1. The van der Waals surface area contributed by atoms with Crippen LogP contribution in [0.2, 0.25) is 0 Å².